The van der Waals surface area contributed by atoms with Crippen molar-refractivity contribution < 1.29 is 14.7 Å². The SMILES string of the molecule is CSCCC1Nc2ccc(C(=O)O)cc2NC1=O. The number of carbonyl (C=O) groups excluding carboxylic acids is 1. The van der Waals surface area contributed by atoms with Crippen LogP contribution in [0.1, 0.15) is 16.8 Å². The lowest BCUT2D eigenvalue weighted by atomic mass is 10.1. The Morgan fingerprint density at radius 3 is 2.89 bits per heavy atom. The second kappa shape index (κ2) is 5.30. The second-order valence-corrected chi connectivity index (χ2v) is 5.02. The normalized spacial score (nSPS) is 17.6. The topological polar surface area (TPSA) is 78.4 Å². The van der Waals surface area contributed by atoms with E-state index in [1.165, 1.54) is 12.1 Å². The molecule has 0 radical (unpaired) electrons. The second-order valence-electron chi connectivity index (χ2n) is 4.03. The van der Waals surface area contributed by atoms with Gasteiger partial charge in [0.15, 0.2) is 0 Å². The van der Waals surface area contributed by atoms with Crippen molar-refractivity contribution in [3.63, 3.8) is 0 Å². The van der Waals surface area contributed by atoms with Crippen LogP contribution in [0.5, 0.6) is 0 Å². The maximum absolute atomic E-state index is 11.8. The Morgan fingerprint density at radius 1 is 1.44 bits per heavy atom. The van der Waals surface area contributed by atoms with Crippen molar-refractivity contribution in [1.29, 1.82) is 0 Å². The zero-order chi connectivity index (χ0) is 13.1. The van der Waals surface area contributed by atoms with Gasteiger partial charge in [0.25, 0.3) is 0 Å². The van der Waals surface area contributed by atoms with Gasteiger partial charge in [-0.2, -0.15) is 11.8 Å². The van der Waals surface area contributed by atoms with E-state index in [1.807, 2.05) is 6.26 Å². The first-order valence-electron chi connectivity index (χ1n) is 5.55. The Balaban J connectivity index is 2.20. The molecule has 6 heteroatoms. The fourth-order valence-corrected chi connectivity index (χ4v) is 2.29. The molecule has 2 rings (SSSR count). The molecular formula is C12H14N2O3S. The summed E-state index contributed by atoms with van der Waals surface area (Å²) in [5.41, 5.74) is 1.46. The molecule has 1 aliphatic heterocycles. The molecular weight excluding hydrogens is 252 g/mol. The number of hydrogen-bond donors (Lipinski definition) is 3. The summed E-state index contributed by atoms with van der Waals surface area (Å²) in [6.07, 6.45) is 2.74. The minimum atomic E-state index is -1.00. The molecule has 0 spiro atoms. The predicted octanol–water partition coefficient (Wildman–Crippen LogP) is 1.87. The van der Waals surface area contributed by atoms with E-state index in [-0.39, 0.29) is 17.5 Å². The minimum absolute atomic E-state index is 0.112. The Kier molecular flexibility index (Phi) is 3.76. The van der Waals surface area contributed by atoms with E-state index in [4.69, 9.17) is 5.11 Å². The summed E-state index contributed by atoms with van der Waals surface area (Å²) in [6.45, 7) is 0. The van der Waals surface area contributed by atoms with E-state index in [9.17, 15) is 9.59 Å². The van der Waals surface area contributed by atoms with Gasteiger partial charge in [-0.3, -0.25) is 4.79 Å². The first kappa shape index (κ1) is 12.8. The zero-order valence-corrected chi connectivity index (χ0v) is 10.7. The molecule has 1 aromatic rings. The highest BCUT2D eigenvalue weighted by atomic mass is 32.2. The largest absolute Gasteiger partial charge is 0.478 e. The van der Waals surface area contributed by atoms with Crippen LogP contribution in [0.2, 0.25) is 0 Å². The molecule has 1 heterocycles. The number of carboxylic acid groups (broad SMARTS) is 1. The van der Waals surface area contributed by atoms with E-state index < -0.39 is 5.97 Å². The molecule has 1 amide bonds. The van der Waals surface area contributed by atoms with Gasteiger partial charge in [0.05, 0.1) is 16.9 Å². The Hall–Kier alpha value is -1.69. The molecule has 0 saturated heterocycles. The van der Waals surface area contributed by atoms with Gasteiger partial charge >= 0.3 is 5.97 Å². The molecule has 0 bridgehead atoms. The lowest BCUT2D eigenvalue weighted by Gasteiger charge is -2.26. The summed E-state index contributed by atoms with van der Waals surface area (Å²) in [7, 11) is 0. The third-order valence-corrected chi connectivity index (χ3v) is 3.43. The van der Waals surface area contributed by atoms with Gasteiger partial charge in [0, 0.05) is 0 Å². The molecule has 0 aliphatic carbocycles. The van der Waals surface area contributed by atoms with E-state index in [2.05, 4.69) is 10.6 Å². The molecule has 3 N–H and O–H groups in total. The van der Waals surface area contributed by atoms with Crippen molar-refractivity contribution in [3.05, 3.63) is 23.8 Å². The number of aromatic carboxylic acids is 1. The maximum atomic E-state index is 11.8. The quantitative estimate of drug-likeness (QED) is 0.775. The number of fused-ring (bicyclic) bond motifs is 1. The molecule has 96 valence electrons. The fraction of sp³-hybridized carbons (Fsp3) is 0.333. The third kappa shape index (κ3) is 2.59. The number of rotatable bonds is 4. The highest BCUT2D eigenvalue weighted by molar-refractivity contribution is 7.98. The predicted molar refractivity (Wildman–Crippen MR) is 72.4 cm³/mol. The van der Waals surface area contributed by atoms with E-state index in [0.717, 1.165) is 17.9 Å². The number of carboxylic acids is 1. The molecule has 1 aliphatic rings. The van der Waals surface area contributed by atoms with Crippen molar-refractivity contribution in [2.24, 2.45) is 0 Å². The van der Waals surface area contributed by atoms with E-state index in [1.54, 1.807) is 17.8 Å². The molecule has 0 fully saturated rings. The van der Waals surface area contributed by atoms with E-state index in [0.29, 0.717) is 5.69 Å². The van der Waals surface area contributed by atoms with Gasteiger partial charge in [0.2, 0.25) is 5.91 Å². The summed E-state index contributed by atoms with van der Waals surface area (Å²) < 4.78 is 0. The lowest BCUT2D eigenvalue weighted by molar-refractivity contribution is -0.117. The molecule has 18 heavy (non-hydrogen) atoms. The Bertz CT molecular complexity index is 490. The zero-order valence-electron chi connectivity index (χ0n) is 9.90. The first-order valence-corrected chi connectivity index (χ1v) is 6.95. The van der Waals surface area contributed by atoms with Gasteiger partial charge in [-0.1, -0.05) is 0 Å². The van der Waals surface area contributed by atoms with Gasteiger partial charge in [-0.05, 0) is 36.6 Å². The Morgan fingerprint density at radius 2 is 2.22 bits per heavy atom. The minimum Gasteiger partial charge on any atom is -0.478 e. The smallest absolute Gasteiger partial charge is 0.335 e. The van der Waals surface area contributed by atoms with Crippen LogP contribution in [0.25, 0.3) is 0 Å². The number of benzene rings is 1. The molecule has 1 atom stereocenters. The number of hydrogen-bond acceptors (Lipinski definition) is 4. The number of nitrogens with one attached hydrogen (secondary N) is 2. The summed E-state index contributed by atoms with van der Waals surface area (Å²) in [5, 5.41) is 14.8. The van der Waals surface area contributed by atoms with Crippen LogP contribution < -0.4 is 10.6 Å². The fourth-order valence-electron chi connectivity index (χ4n) is 1.82. The van der Waals surface area contributed by atoms with E-state index >= 15 is 0 Å². The van der Waals surface area contributed by atoms with Gasteiger partial charge in [0.1, 0.15) is 6.04 Å². The monoisotopic (exact) mass is 266 g/mol. The van der Waals surface area contributed by atoms with Crippen molar-refractivity contribution in [3.8, 4) is 0 Å². The van der Waals surface area contributed by atoms with Crippen molar-refractivity contribution in [2.75, 3.05) is 22.6 Å². The van der Waals surface area contributed by atoms with Gasteiger partial charge in [-0.15, -0.1) is 0 Å². The van der Waals surface area contributed by atoms with Gasteiger partial charge < -0.3 is 15.7 Å². The summed E-state index contributed by atoms with van der Waals surface area (Å²) in [6, 6.07) is 4.43. The summed E-state index contributed by atoms with van der Waals surface area (Å²) in [4.78, 5) is 22.7. The number of amides is 1. The Labute approximate surface area is 109 Å². The third-order valence-electron chi connectivity index (χ3n) is 2.78. The van der Waals surface area contributed by atoms with Crippen molar-refractivity contribution in [1.82, 2.24) is 0 Å². The summed E-state index contributed by atoms with van der Waals surface area (Å²) in [5.74, 6) is -0.219. The highest BCUT2D eigenvalue weighted by Crippen LogP contribution is 2.28. The number of carbonyl (C=O) groups is 2. The van der Waals surface area contributed by atoms with Crippen LogP contribution in [-0.2, 0) is 4.79 Å². The maximum Gasteiger partial charge on any atom is 0.335 e. The standard InChI is InChI=1S/C12H14N2O3S/c1-18-5-4-9-11(15)14-10-6-7(12(16)17)2-3-8(10)13-9/h2-3,6,9,13H,4-5H2,1H3,(H,14,15)(H,16,17). The first-order chi connectivity index (χ1) is 8.61. The number of thioether (sulfide) groups is 1. The molecule has 1 aromatic carbocycles. The lowest BCUT2D eigenvalue weighted by Crippen LogP contribution is -2.39. The summed E-state index contributed by atoms with van der Waals surface area (Å²) >= 11 is 1.69. The van der Waals surface area contributed by atoms with Crippen LogP contribution >= 0.6 is 11.8 Å². The van der Waals surface area contributed by atoms with Crippen LogP contribution in [-0.4, -0.2) is 35.0 Å². The van der Waals surface area contributed by atoms with Crippen LogP contribution in [0, 0.1) is 0 Å². The van der Waals surface area contributed by atoms with Crippen LogP contribution in [0.4, 0.5) is 11.4 Å². The van der Waals surface area contributed by atoms with Crippen molar-refractivity contribution in [2.45, 2.75) is 12.5 Å². The number of anilines is 2. The van der Waals surface area contributed by atoms with Gasteiger partial charge in [-0.25, -0.2) is 4.79 Å². The molecule has 0 saturated carbocycles. The van der Waals surface area contributed by atoms with Crippen molar-refractivity contribution >= 4 is 35.0 Å². The van der Waals surface area contributed by atoms with Crippen LogP contribution in [0.3, 0.4) is 0 Å². The molecule has 5 nitrogen and oxygen atoms in total. The highest BCUT2D eigenvalue weighted by Gasteiger charge is 2.25. The molecule has 1 unspecified atom stereocenters. The average molecular weight is 266 g/mol. The molecule has 0 aromatic heterocycles. The average Bonchev–Trinajstić information content (AvgIpc) is 2.35. The van der Waals surface area contributed by atoms with Crippen LogP contribution in [0.15, 0.2) is 18.2 Å².